The Bertz CT molecular complexity index is 1320. The van der Waals surface area contributed by atoms with Crippen molar-refractivity contribution in [1.29, 1.82) is 0 Å². The van der Waals surface area contributed by atoms with Crippen LogP contribution >= 0.6 is 0 Å². The maximum absolute atomic E-state index is 13.4. The Morgan fingerprint density at radius 3 is 2.39 bits per heavy atom. The molecule has 3 aromatic rings. The molecule has 0 spiro atoms. The van der Waals surface area contributed by atoms with E-state index in [4.69, 9.17) is 5.73 Å². The van der Waals surface area contributed by atoms with Gasteiger partial charge in [-0.3, -0.25) is 9.52 Å². The molecule has 4 N–H and O–H groups in total. The van der Waals surface area contributed by atoms with Gasteiger partial charge in [0.25, 0.3) is 10.0 Å². The third kappa shape index (κ3) is 6.10. The molecule has 0 aromatic heterocycles. The van der Waals surface area contributed by atoms with Crippen LogP contribution in [0, 0.1) is 5.82 Å². The van der Waals surface area contributed by atoms with Crippen LogP contribution in [0.5, 0.6) is 0 Å². The zero-order valence-corrected chi connectivity index (χ0v) is 17.5. The zero-order chi connectivity index (χ0) is 24.2. The van der Waals surface area contributed by atoms with Gasteiger partial charge in [0.1, 0.15) is 5.82 Å². The minimum atomic E-state index is -4.98. The summed E-state index contributed by atoms with van der Waals surface area (Å²) in [6.07, 6.45) is -2.46. The van der Waals surface area contributed by atoms with Crippen LogP contribution < -0.4 is 15.8 Å². The van der Waals surface area contributed by atoms with E-state index in [9.17, 15) is 30.8 Å². The molecule has 3 rings (SSSR count). The molecule has 6 nitrogen and oxygen atoms in total. The first-order valence-corrected chi connectivity index (χ1v) is 10.8. The number of rotatable bonds is 6. The Labute approximate surface area is 186 Å². The number of carbonyl (C=O) groups is 1. The number of nitrogen functional groups attached to an aromatic ring is 1. The van der Waals surface area contributed by atoms with Gasteiger partial charge in [-0.1, -0.05) is 24.3 Å². The van der Waals surface area contributed by atoms with Gasteiger partial charge in [-0.2, -0.15) is 13.2 Å². The van der Waals surface area contributed by atoms with Crippen molar-refractivity contribution < 1.29 is 30.8 Å². The number of para-hydroxylation sites is 2. The summed E-state index contributed by atoms with van der Waals surface area (Å²) in [6.45, 7) is 0. The highest BCUT2D eigenvalue weighted by atomic mass is 32.2. The smallest absolute Gasteiger partial charge is 0.397 e. The van der Waals surface area contributed by atoms with Gasteiger partial charge in [0, 0.05) is 11.8 Å². The zero-order valence-electron chi connectivity index (χ0n) is 16.7. The number of nitrogens with one attached hydrogen (secondary N) is 2. The van der Waals surface area contributed by atoms with Gasteiger partial charge in [-0.15, -0.1) is 0 Å². The van der Waals surface area contributed by atoms with E-state index < -0.39 is 39.2 Å². The Hall–Kier alpha value is -3.86. The van der Waals surface area contributed by atoms with Crippen LogP contribution in [0.15, 0.2) is 77.7 Å². The molecule has 0 fully saturated rings. The highest BCUT2D eigenvalue weighted by Crippen LogP contribution is 2.33. The number of sulfonamides is 1. The largest absolute Gasteiger partial charge is 0.419 e. The highest BCUT2D eigenvalue weighted by Gasteiger charge is 2.34. The average Bonchev–Trinajstić information content (AvgIpc) is 2.74. The average molecular weight is 479 g/mol. The van der Waals surface area contributed by atoms with Gasteiger partial charge in [0.05, 0.1) is 21.8 Å². The summed E-state index contributed by atoms with van der Waals surface area (Å²) in [4.78, 5) is 11.8. The molecule has 33 heavy (non-hydrogen) atoms. The second-order valence-electron chi connectivity index (χ2n) is 6.78. The third-order valence-electron chi connectivity index (χ3n) is 4.34. The van der Waals surface area contributed by atoms with E-state index in [1.807, 2.05) is 4.72 Å². The van der Waals surface area contributed by atoms with Crippen LogP contribution in [0.2, 0.25) is 0 Å². The second kappa shape index (κ2) is 9.33. The molecule has 0 aliphatic carbocycles. The van der Waals surface area contributed by atoms with Crippen molar-refractivity contribution in [2.24, 2.45) is 0 Å². The summed E-state index contributed by atoms with van der Waals surface area (Å²) < 4.78 is 79.3. The van der Waals surface area contributed by atoms with Gasteiger partial charge in [0.15, 0.2) is 0 Å². The van der Waals surface area contributed by atoms with Crippen molar-refractivity contribution in [2.45, 2.75) is 11.1 Å². The number of hydrogen-bond donors (Lipinski definition) is 3. The molecule has 0 heterocycles. The van der Waals surface area contributed by atoms with E-state index in [1.165, 1.54) is 36.4 Å². The monoisotopic (exact) mass is 479 g/mol. The Morgan fingerprint density at radius 2 is 1.70 bits per heavy atom. The molecule has 3 aromatic carbocycles. The van der Waals surface area contributed by atoms with E-state index in [0.717, 1.165) is 6.07 Å². The molecule has 0 aliphatic rings. The summed E-state index contributed by atoms with van der Waals surface area (Å²) in [7, 11) is -4.29. The van der Waals surface area contributed by atoms with Crippen LogP contribution in [0.25, 0.3) is 6.08 Å². The molecule has 0 bridgehead atoms. The van der Waals surface area contributed by atoms with Crippen LogP contribution in [-0.4, -0.2) is 14.3 Å². The normalized spacial score (nSPS) is 12.0. The number of anilines is 3. The minimum absolute atomic E-state index is 0.268. The molecule has 0 aliphatic heterocycles. The SMILES string of the molecule is Nc1ccccc1NC(=O)/C=C/c1cccc(S(=O)(=O)Nc2ccc(F)c(C(F)(F)F)c2)c1. The predicted octanol–water partition coefficient (Wildman–Crippen LogP) is 4.88. The lowest BCUT2D eigenvalue weighted by Gasteiger charge is -2.12. The first-order valence-electron chi connectivity index (χ1n) is 9.29. The van der Waals surface area contributed by atoms with Crippen LogP contribution in [0.3, 0.4) is 0 Å². The molecule has 0 saturated heterocycles. The second-order valence-corrected chi connectivity index (χ2v) is 8.46. The predicted molar refractivity (Wildman–Crippen MR) is 117 cm³/mol. The summed E-state index contributed by atoms with van der Waals surface area (Å²) in [5, 5.41) is 2.58. The molecule has 0 saturated carbocycles. The number of amides is 1. The standard InChI is InChI=1S/C22H17F4N3O3S/c23-18-10-9-15(13-17(18)22(24,25)26)29-33(31,32)16-5-3-4-14(12-16)8-11-21(30)28-20-7-2-1-6-19(20)27/h1-13,29H,27H2,(H,28,30)/b11-8+. The summed E-state index contributed by atoms with van der Waals surface area (Å²) in [5.74, 6) is -2.03. The van der Waals surface area contributed by atoms with Crippen molar-refractivity contribution in [3.05, 3.63) is 89.8 Å². The molecule has 0 atom stereocenters. The number of alkyl halides is 3. The van der Waals surface area contributed by atoms with E-state index in [1.54, 1.807) is 24.3 Å². The van der Waals surface area contributed by atoms with Crippen LogP contribution in [0.1, 0.15) is 11.1 Å². The Balaban J connectivity index is 1.77. The van der Waals surface area contributed by atoms with E-state index in [0.29, 0.717) is 29.1 Å². The quantitative estimate of drug-likeness (QED) is 0.267. The highest BCUT2D eigenvalue weighted by molar-refractivity contribution is 7.92. The lowest BCUT2D eigenvalue weighted by molar-refractivity contribution is -0.139. The fraction of sp³-hybridized carbons (Fsp3) is 0.0455. The van der Waals surface area contributed by atoms with Gasteiger partial charge in [-0.25, -0.2) is 12.8 Å². The van der Waals surface area contributed by atoms with E-state index in [2.05, 4.69) is 5.32 Å². The van der Waals surface area contributed by atoms with Crippen LogP contribution in [-0.2, 0) is 21.0 Å². The molecular weight excluding hydrogens is 462 g/mol. The van der Waals surface area contributed by atoms with Crippen molar-refractivity contribution in [2.75, 3.05) is 15.8 Å². The lowest BCUT2D eigenvalue weighted by atomic mass is 10.2. The van der Waals surface area contributed by atoms with Gasteiger partial charge in [0.2, 0.25) is 5.91 Å². The van der Waals surface area contributed by atoms with Crippen molar-refractivity contribution in [1.82, 2.24) is 0 Å². The lowest BCUT2D eigenvalue weighted by Crippen LogP contribution is -2.15. The fourth-order valence-electron chi connectivity index (χ4n) is 2.76. The number of benzene rings is 3. The molecule has 172 valence electrons. The first kappa shape index (κ1) is 23.8. The van der Waals surface area contributed by atoms with Crippen LogP contribution in [0.4, 0.5) is 34.6 Å². The van der Waals surface area contributed by atoms with Crippen molar-refractivity contribution in [3.8, 4) is 0 Å². The maximum Gasteiger partial charge on any atom is 0.419 e. The molecular formula is C22H17F4N3O3S. The number of hydrogen-bond acceptors (Lipinski definition) is 4. The summed E-state index contributed by atoms with van der Waals surface area (Å²) in [5.41, 5.74) is 4.82. The summed E-state index contributed by atoms with van der Waals surface area (Å²) >= 11 is 0. The molecule has 11 heteroatoms. The number of halogens is 4. The molecule has 0 unspecified atom stereocenters. The van der Waals surface area contributed by atoms with E-state index >= 15 is 0 Å². The fourth-order valence-corrected chi connectivity index (χ4v) is 3.87. The Kier molecular flexibility index (Phi) is 6.73. The third-order valence-corrected chi connectivity index (χ3v) is 5.72. The topological polar surface area (TPSA) is 101 Å². The number of nitrogens with two attached hydrogens (primary N) is 1. The minimum Gasteiger partial charge on any atom is -0.397 e. The van der Waals surface area contributed by atoms with Gasteiger partial charge >= 0.3 is 6.18 Å². The maximum atomic E-state index is 13.4. The number of carbonyl (C=O) groups excluding carboxylic acids is 1. The van der Waals surface area contributed by atoms with Crippen molar-refractivity contribution >= 4 is 39.1 Å². The van der Waals surface area contributed by atoms with Gasteiger partial charge < -0.3 is 11.1 Å². The van der Waals surface area contributed by atoms with Crippen molar-refractivity contribution in [3.63, 3.8) is 0 Å². The van der Waals surface area contributed by atoms with E-state index in [-0.39, 0.29) is 4.90 Å². The first-order chi connectivity index (χ1) is 15.5. The molecule has 0 radical (unpaired) electrons. The summed E-state index contributed by atoms with van der Waals surface area (Å²) in [6, 6.07) is 13.8. The van der Waals surface area contributed by atoms with Gasteiger partial charge in [-0.05, 0) is 54.1 Å². The molecule has 1 amide bonds. The Morgan fingerprint density at radius 1 is 0.970 bits per heavy atom.